The Morgan fingerprint density at radius 3 is 2.27 bits per heavy atom. The van der Waals surface area contributed by atoms with Crippen molar-refractivity contribution in [1.82, 2.24) is 24.4 Å². The van der Waals surface area contributed by atoms with Gasteiger partial charge in [-0.3, -0.25) is 0 Å². The fourth-order valence-electron chi connectivity index (χ4n) is 4.73. The van der Waals surface area contributed by atoms with E-state index in [9.17, 15) is 0 Å². The van der Waals surface area contributed by atoms with Crippen molar-refractivity contribution in [3.63, 3.8) is 0 Å². The quantitative estimate of drug-likeness (QED) is 0.206. The number of hydrogen-bond acceptors (Lipinski definition) is 5. The molecule has 37 heavy (non-hydrogen) atoms. The summed E-state index contributed by atoms with van der Waals surface area (Å²) in [6.07, 6.45) is 6.79. The van der Waals surface area contributed by atoms with Crippen molar-refractivity contribution in [3.8, 4) is 22.8 Å². The highest BCUT2D eigenvalue weighted by Crippen LogP contribution is 2.33. The van der Waals surface area contributed by atoms with E-state index < -0.39 is 0 Å². The second-order valence-corrected chi connectivity index (χ2v) is 9.75. The molecule has 0 bridgehead atoms. The summed E-state index contributed by atoms with van der Waals surface area (Å²) >= 11 is 12.6. The van der Waals surface area contributed by atoms with Crippen molar-refractivity contribution in [1.29, 1.82) is 0 Å². The first-order chi connectivity index (χ1) is 17.1. The molecule has 0 radical (unpaired) electrons. The van der Waals surface area contributed by atoms with Gasteiger partial charge < -0.3 is 14.8 Å². The molecule has 1 N–H and O–H groups in total. The van der Waals surface area contributed by atoms with Crippen LogP contribution in [-0.2, 0) is 6.54 Å². The van der Waals surface area contributed by atoms with Gasteiger partial charge in [0.2, 0.25) is 0 Å². The lowest BCUT2D eigenvalue weighted by atomic mass is 10.2. The van der Waals surface area contributed by atoms with Crippen LogP contribution in [0.2, 0.25) is 10.0 Å². The molecule has 198 valence electrons. The molecule has 1 aliphatic rings. The number of aromatic nitrogens is 4. The van der Waals surface area contributed by atoms with Gasteiger partial charge >= 0.3 is 0 Å². The van der Waals surface area contributed by atoms with E-state index in [4.69, 9.17) is 38.2 Å². The highest BCUT2D eigenvalue weighted by Gasteiger charge is 2.19. The molecule has 10 heteroatoms. The summed E-state index contributed by atoms with van der Waals surface area (Å²) in [6.45, 7) is 7.33. The molecular weight excluding hydrogens is 550 g/mol. The Hall–Kier alpha value is -2.09. The number of nitrogens with zero attached hydrogens (tertiary/aromatic N) is 5. The highest BCUT2D eigenvalue weighted by molar-refractivity contribution is 6.42. The number of unbranched alkanes of at least 4 members (excludes halogenated alkanes) is 1. The predicted molar refractivity (Wildman–Crippen MR) is 160 cm³/mol. The van der Waals surface area contributed by atoms with E-state index in [0.29, 0.717) is 21.1 Å². The number of nitrogens with one attached hydrogen (secondary N) is 1. The summed E-state index contributed by atoms with van der Waals surface area (Å²) in [5.41, 5.74) is 4.30. The molecule has 2 aromatic heterocycles. The number of benzene rings is 2. The smallest absolute Gasteiger partial charge is 0.163 e. The molecule has 2 aromatic carbocycles. The first-order valence-corrected chi connectivity index (χ1v) is 13.1. The molecule has 4 aromatic rings. The van der Waals surface area contributed by atoms with Gasteiger partial charge in [0.05, 0.1) is 33.0 Å². The molecule has 5 rings (SSSR count). The molecule has 0 aliphatic carbocycles. The number of rotatable bonds is 9. The fourth-order valence-corrected chi connectivity index (χ4v) is 5.04. The van der Waals surface area contributed by atoms with Crippen molar-refractivity contribution in [2.75, 3.05) is 31.5 Å². The van der Waals surface area contributed by atoms with Crippen molar-refractivity contribution >= 4 is 64.9 Å². The second-order valence-electron chi connectivity index (χ2n) is 8.94. The van der Waals surface area contributed by atoms with Gasteiger partial charge in [0.25, 0.3) is 0 Å². The fraction of sp³-hybridized carbons (Fsp3) is 0.370. The maximum absolute atomic E-state index is 6.30. The van der Waals surface area contributed by atoms with E-state index >= 15 is 0 Å². The van der Waals surface area contributed by atoms with Crippen LogP contribution in [0.25, 0.3) is 33.8 Å². The first kappa shape index (κ1) is 29.5. The molecule has 1 saturated heterocycles. The van der Waals surface area contributed by atoms with E-state index in [1.165, 1.54) is 25.9 Å². The van der Waals surface area contributed by atoms with Gasteiger partial charge in [-0.1, -0.05) is 53.5 Å². The van der Waals surface area contributed by atoms with Crippen molar-refractivity contribution in [2.45, 2.75) is 39.2 Å². The minimum Gasteiger partial charge on any atom is -0.368 e. The Kier molecular flexibility index (Phi) is 10.9. The topological polar surface area (TPSA) is 58.9 Å². The average Bonchev–Trinajstić information content (AvgIpc) is 3.55. The van der Waals surface area contributed by atoms with Crippen LogP contribution in [0.1, 0.15) is 32.6 Å². The molecule has 0 unspecified atom stereocenters. The van der Waals surface area contributed by atoms with Gasteiger partial charge in [0.1, 0.15) is 5.69 Å². The van der Waals surface area contributed by atoms with Crippen LogP contribution < -0.4 is 5.32 Å². The maximum Gasteiger partial charge on any atom is 0.163 e. The third-order valence-corrected chi connectivity index (χ3v) is 7.27. The van der Waals surface area contributed by atoms with E-state index in [1.54, 1.807) is 12.1 Å². The van der Waals surface area contributed by atoms with Crippen LogP contribution >= 0.6 is 48.0 Å². The van der Waals surface area contributed by atoms with E-state index in [-0.39, 0.29) is 24.8 Å². The second kappa shape index (κ2) is 13.6. The summed E-state index contributed by atoms with van der Waals surface area (Å²) < 4.78 is 2.18. The third kappa shape index (κ3) is 6.68. The van der Waals surface area contributed by atoms with Crippen LogP contribution in [-0.4, -0.2) is 50.6 Å². The molecule has 0 spiro atoms. The summed E-state index contributed by atoms with van der Waals surface area (Å²) in [7, 11) is 0. The van der Waals surface area contributed by atoms with E-state index in [1.807, 2.05) is 24.4 Å². The van der Waals surface area contributed by atoms with Gasteiger partial charge in [-0.05, 0) is 69.9 Å². The molecule has 6 nitrogen and oxygen atoms in total. The predicted octanol–water partition coefficient (Wildman–Crippen LogP) is 7.62. The van der Waals surface area contributed by atoms with E-state index in [0.717, 1.165) is 61.1 Å². The SMILES string of the molecule is CCn1c(-c2ccccc2)cnc1-c1nc2cc(Cl)c(Cl)cc2nc1NCCCCN1CCCC1.Cl.Cl. The number of halogens is 4. The zero-order valence-electron chi connectivity index (χ0n) is 20.8. The third-order valence-electron chi connectivity index (χ3n) is 6.55. The first-order valence-electron chi connectivity index (χ1n) is 12.4. The number of likely N-dealkylation sites (tertiary alicyclic amines) is 1. The molecule has 1 fully saturated rings. The highest BCUT2D eigenvalue weighted by atomic mass is 35.5. The van der Waals surface area contributed by atoms with Crippen molar-refractivity contribution in [3.05, 3.63) is 58.7 Å². The zero-order valence-corrected chi connectivity index (χ0v) is 23.9. The Bertz CT molecular complexity index is 1310. The van der Waals surface area contributed by atoms with E-state index in [2.05, 4.69) is 33.8 Å². The van der Waals surface area contributed by atoms with Crippen molar-refractivity contribution < 1.29 is 0 Å². The number of fused-ring (bicyclic) bond motifs is 1. The lowest BCUT2D eigenvalue weighted by Crippen LogP contribution is -2.21. The number of imidazole rings is 1. The van der Waals surface area contributed by atoms with Gasteiger partial charge in [0.15, 0.2) is 11.6 Å². The molecule has 3 heterocycles. The Balaban J connectivity index is 0.00000190. The minimum atomic E-state index is 0. The van der Waals surface area contributed by atoms with Crippen LogP contribution in [0.5, 0.6) is 0 Å². The summed E-state index contributed by atoms with van der Waals surface area (Å²) in [5, 5.41) is 4.48. The minimum absolute atomic E-state index is 0. The average molecular weight is 582 g/mol. The van der Waals surface area contributed by atoms with Crippen LogP contribution in [0.4, 0.5) is 5.82 Å². The molecule has 0 atom stereocenters. The van der Waals surface area contributed by atoms with Gasteiger partial charge in [-0.2, -0.15) is 0 Å². The molecular formula is C27H32Cl4N6. The monoisotopic (exact) mass is 580 g/mol. The Morgan fingerprint density at radius 1 is 0.919 bits per heavy atom. The summed E-state index contributed by atoms with van der Waals surface area (Å²) in [4.78, 5) is 17.2. The van der Waals surface area contributed by atoms with Crippen LogP contribution in [0.15, 0.2) is 48.7 Å². The van der Waals surface area contributed by atoms with Gasteiger partial charge in [0, 0.05) is 13.1 Å². The largest absolute Gasteiger partial charge is 0.368 e. The Morgan fingerprint density at radius 2 is 1.59 bits per heavy atom. The molecule has 0 saturated carbocycles. The lowest BCUT2D eigenvalue weighted by molar-refractivity contribution is 0.331. The summed E-state index contributed by atoms with van der Waals surface area (Å²) in [6, 6.07) is 13.8. The van der Waals surface area contributed by atoms with Crippen LogP contribution in [0.3, 0.4) is 0 Å². The normalized spacial score (nSPS) is 13.4. The Labute approximate surface area is 240 Å². The summed E-state index contributed by atoms with van der Waals surface area (Å²) in [5.74, 6) is 1.50. The standard InChI is InChI=1S/C27H30Cl2N6.2ClH/c1-2-35-24(19-10-4-3-5-11-19)18-31-27(35)25-26(30-12-6-7-13-34-14-8-9-15-34)33-23-17-21(29)20(28)16-22(23)32-25;;/h3-5,10-11,16-18H,2,6-9,12-15H2,1H3,(H,30,33);2*1H. The zero-order chi connectivity index (χ0) is 24.2. The van der Waals surface area contributed by atoms with Crippen LogP contribution in [0, 0.1) is 0 Å². The van der Waals surface area contributed by atoms with Gasteiger partial charge in [-0.15, -0.1) is 24.8 Å². The molecule has 0 amide bonds. The number of anilines is 1. The number of hydrogen-bond donors (Lipinski definition) is 1. The van der Waals surface area contributed by atoms with Crippen molar-refractivity contribution in [2.24, 2.45) is 0 Å². The lowest BCUT2D eigenvalue weighted by Gasteiger charge is -2.16. The maximum atomic E-state index is 6.30. The molecule has 1 aliphatic heterocycles. The van der Waals surface area contributed by atoms with Gasteiger partial charge in [-0.25, -0.2) is 15.0 Å².